The molecule has 0 amide bonds. The van der Waals surface area contributed by atoms with Crippen molar-refractivity contribution >= 4 is 0 Å². The zero-order valence-electron chi connectivity index (χ0n) is 17.3. The third-order valence-corrected chi connectivity index (χ3v) is 5.49. The van der Waals surface area contributed by atoms with Crippen LogP contribution in [0, 0.1) is 11.8 Å². The van der Waals surface area contributed by atoms with E-state index in [-0.39, 0.29) is 11.7 Å². The molecule has 1 aliphatic carbocycles. The Bertz CT molecular complexity index is 482. The highest BCUT2D eigenvalue weighted by atomic mass is 19.2. The number of ether oxygens (including phenoxy) is 1. The van der Waals surface area contributed by atoms with Crippen LogP contribution in [-0.2, 0) is 4.74 Å². The van der Waals surface area contributed by atoms with E-state index in [0.717, 1.165) is 44.4 Å². The molecule has 1 rings (SSSR count). The van der Waals surface area contributed by atoms with Gasteiger partial charge in [0.15, 0.2) is 11.6 Å². The largest absolute Gasteiger partial charge is 0.491 e. The maximum absolute atomic E-state index is 14.9. The highest BCUT2D eigenvalue weighted by molar-refractivity contribution is 5.36. The van der Waals surface area contributed by atoms with Gasteiger partial charge in [-0.1, -0.05) is 52.0 Å². The lowest BCUT2D eigenvalue weighted by Crippen LogP contribution is -2.17. The molecular weight excluding hydrogens is 330 g/mol. The molecule has 0 heterocycles. The number of hydrogen-bond donors (Lipinski definition) is 0. The van der Waals surface area contributed by atoms with Crippen LogP contribution in [0.4, 0.5) is 8.78 Å². The van der Waals surface area contributed by atoms with Crippen LogP contribution >= 0.6 is 0 Å². The van der Waals surface area contributed by atoms with E-state index in [2.05, 4.69) is 6.92 Å². The molecule has 0 unspecified atom stereocenters. The summed E-state index contributed by atoms with van der Waals surface area (Å²) in [5.41, 5.74) is 0.521. The molecule has 1 saturated carbocycles. The summed E-state index contributed by atoms with van der Waals surface area (Å²) in [6.07, 6.45) is 14.4. The normalized spacial score (nSPS) is 23.0. The highest BCUT2D eigenvalue weighted by Crippen LogP contribution is 2.40. The Morgan fingerprint density at radius 2 is 1.54 bits per heavy atom. The van der Waals surface area contributed by atoms with Crippen molar-refractivity contribution in [3.8, 4) is 0 Å². The molecule has 26 heavy (non-hydrogen) atoms. The fraction of sp³-hybridized carbons (Fsp3) is 0.739. The van der Waals surface area contributed by atoms with Gasteiger partial charge in [0.2, 0.25) is 5.83 Å². The fourth-order valence-electron chi connectivity index (χ4n) is 3.82. The average Bonchev–Trinajstić information content (AvgIpc) is 2.66. The van der Waals surface area contributed by atoms with Crippen LogP contribution in [0.3, 0.4) is 0 Å². The molecule has 0 aromatic heterocycles. The first-order valence-corrected chi connectivity index (χ1v) is 10.6. The highest BCUT2D eigenvalue weighted by Gasteiger charge is 2.27. The van der Waals surface area contributed by atoms with Crippen molar-refractivity contribution in [3.63, 3.8) is 0 Å². The molecule has 0 spiro atoms. The molecular formula is C23H38F2O. The van der Waals surface area contributed by atoms with Crippen molar-refractivity contribution < 1.29 is 13.5 Å². The number of hydrogen-bond acceptors (Lipinski definition) is 1. The van der Waals surface area contributed by atoms with Crippen LogP contribution in [-0.4, -0.2) is 6.61 Å². The molecule has 1 fully saturated rings. The molecule has 0 saturated heterocycles. The first kappa shape index (κ1) is 22.9. The van der Waals surface area contributed by atoms with Gasteiger partial charge in [-0.2, -0.15) is 4.39 Å². The Labute approximate surface area is 159 Å². The van der Waals surface area contributed by atoms with Gasteiger partial charge in [-0.15, -0.1) is 0 Å². The minimum atomic E-state index is -0.846. The van der Waals surface area contributed by atoms with E-state index in [4.69, 9.17) is 4.74 Å². The number of halogens is 2. The van der Waals surface area contributed by atoms with Crippen LogP contribution in [0.25, 0.3) is 0 Å². The van der Waals surface area contributed by atoms with Crippen LogP contribution in [0.2, 0.25) is 0 Å². The van der Waals surface area contributed by atoms with E-state index >= 15 is 0 Å². The summed E-state index contributed by atoms with van der Waals surface area (Å²) in [6, 6.07) is 0. The molecule has 0 bridgehead atoms. The monoisotopic (exact) mass is 368 g/mol. The summed E-state index contributed by atoms with van der Waals surface area (Å²) in [5.74, 6) is -0.657. The van der Waals surface area contributed by atoms with Crippen molar-refractivity contribution in [3.05, 3.63) is 35.1 Å². The molecule has 0 aromatic rings. The van der Waals surface area contributed by atoms with Gasteiger partial charge >= 0.3 is 0 Å². The summed E-state index contributed by atoms with van der Waals surface area (Å²) in [4.78, 5) is 0. The summed E-state index contributed by atoms with van der Waals surface area (Å²) in [6.45, 7) is 8.19. The van der Waals surface area contributed by atoms with Gasteiger partial charge in [0.05, 0.1) is 6.61 Å². The summed E-state index contributed by atoms with van der Waals surface area (Å²) < 4.78 is 34.9. The first-order chi connectivity index (χ1) is 12.6. The number of unbranched alkanes of at least 4 members (excludes halogenated alkanes) is 3. The lowest BCUT2D eigenvalue weighted by Gasteiger charge is -2.30. The van der Waals surface area contributed by atoms with Gasteiger partial charge in [0, 0.05) is 0 Å². The average molecular weight is 369 g/mol. The molecule has 0 atom stereocenters. The van der Waals surface area contributed by atoms with Gasteiger partial charge < -0.3 is 4.74 Å². The van der Waals surface area contributed by atoms with Crippen LogP contribution in [0.15, 0.2) is 35.1 Å². The van der Waals surface area contributed by atoms with Gasteiger partial charge in [-0.25, -0.2) is 4.39 Å². The third kappa shape index (κ3) is 7.25. The van der Waals surface area contributed by atoms with Crippen molar-refractivity contribution in [1.29, 1.82) is 0 Å². The molecule has 1 nitrogen and oxygen atoms in total. The summed E-state index contributed by atoms with van der Waals surface area (Å²) in [5, 5.41) is 0. The second-order valence-electron chi connectivity index (χ2n) is 7.44. The SMILES string of the molecule is C\C=C(/C(F)=C(F)\C(=C/C)OCCCC)C1CCC(CCCCC)CC1. The van der Waals surface area contributed by atoms with Gasteiger partial charge in [-0.3, -0.25) is 0 Å². The molecule has 0 aromatic carbocycles. The molecule has 0 N–H and O–H groups in total. The Kier molecular flexibility index (Phi) is 11.6. The molecule has 0 aliphatic heterocycles. The smallest absolute Gasteiger partial charge is 0.200 e. The zero-order chi connectivity index (χ0) is 19.4. The van der Waals surface area contributed by atoms with Crippen molar-refractivity contribution in [1.82, 2.24) is 0 Å². The van der Waals surface area contributed by atoms with Crippen LogP contribution < -0.4 is 0 Å². The topological polar surface area (TPSA) is 9.23 Å². The minimum absolute atomic E-state index is 0.0311. The van der Waals surface area contributed by atoms with Crippen LogP contribution in [0.1, 0.15) is 91.9 Å². The number of rotatable bonds is 11. The van der Waals surface area contributed by atoms with Crippen molar-refractivity contribution in [2.75, 3.05) is 6.61 Å². The number of allylic oxidation sites excluding steroid dienone is 5. The zero-order valence-corrected chi connectivity index (χ0v) is 17.3. The predicted molar refractivity (Wildman–Crippen MR) is 107 cm³/mol. The maximum Gasteiger partial charge on any atom is 0.200 e. The Morgan fingerprint density at radius 3 is 2.08 bits per heavy atom. The molecule has 1 aliphatic rings. The van der Waals surface area contributed by atoms with E-state index < -0.39 is 11.7 Å². The Balaban J connectivity index is 2.69. The van der Waals surface area contributed by atoms with E-state index in [1.54, 1.807) is 13.0 Å². The standard InChI is InChI=1S/C23H38F2O/c1-5-9-11-12-18-13-15-19(16-14-18)20(7-3)22(24)23(25)21(8-4)26-17-10-6-2/h7-8,18-19H,5-6,9-17H2,1-4H3/b20-7-,21-8+,23-22-. The lowest BCUT2D eigenvalue weighted by atomic mass is 9.76. The van der Waals surface area contributed by atoms with E-state index in [9.17, 15) is 8.78 Å². The Hall–Kier alpha value is -1.12. The first-order valence-electron chi connectivity index (χ1n) is 10.6. The molecule has 3 heteroatoms. The Morgan fingerprint density at radius 1 is 0.885 bits per heavy atom. The van der Waals surface area contributed by atoms with Gasteiger partial charge in [-0.05, 0) is 69.4 Å². The quantitative estimate of drug-likeness (QED) is 0.203. The van der Waals surface area contributed by atoms with Crippen molar-refractivity contribution in [2.24, 2.45) is 11.8 Å². The summed E-state index contributed by atoms with van der Waals surface area (Å²) in [7, 11) is 0. The third-order valence-electron chi connectivity index (χ3n) is 5.49. The second kappa shape index (κ2) is 13.1. The maximum atomic E-state index is 14.9. The predicted octanol–water partition coefficient (Wildman–Crippen LogP) is 8.19. The minimum Gasteiger partial charge on any atom is -0.491 e. The van der Waals surface area contributed by atoms with Crippen molar-refractivity contribution in [2.45, 2.75) is 91.9 Å². The fourth-order valence-corrected chi connectivity index (χ4v) is 3.82. The van der Waals surface area contributed by atoms with Crippen LogP contribution in [0.5, 0.6) is 0 Å². The lowest BCUT2D eigenvalue weighted by molar-refractivity contribution is 0.200. The second-order valence-corrected chi connectivity index (χ2v) is 7.44. The molecule has 0 radical (unpaired) electrons. The van der Waals surface area contributed by atoms with E-state index in [0.29, 0.717) is 12.2 Å². The molecule has 150 valence electrons. The van der Waals surface area contributed by atoms with Gasteiger partial charge in [0.1, 0.15) is 0 Å². The van der Waals surface area contributed by atoms with E-state index in [1.807, 2.05) is 13.8 Å². The van der Waals surface area contributed by atoms with E-state index in [1.165, 1.54) is 31.8 Å². The summed E-state index contributed by atoms with van der Waals surface area (Å²) >= 11 is 0. The van der Waals surface area contributed by atoms with Gasteiger partial charge in [0.25, 0.3) is 0 Å².